The SMILES string of the molecule is COC(=O)CCCCCCCCCCN1CC(C)OC(C)C1. The Balaban J connectivity index is 1.84. The lowest BCUT2D eigenvalue weighted by Crippen LogP contribution is -2.45. The lowest BCUT2D eigenvalue weighted by molar-refractivity contribution is -0.140. The normalized spacial score (nSPS) is 22.7. The van der Waals surface area contributed by atoms with E-state index in [1.54, 1.807) is 0 Å². The molecule has 0 aromatic rings. The van der Waals surface area contributed by atoms with Gasteiger partial charge >= 0.3 is 5.97 Å². The van der Waals surface area contributed by atoms with E-state index >= 15 is 0 Å². The minimum Gasteiger partial charge on any atom is -0.469 e. The smallest absolute Gasteiger partial charge is 0.305 e. The number of carbonyl (C=O) groups is 1. The highest BCUT2D eigenvalue weighted by Gasteiger charge is 2.21. The van der Waals surface area contributed by atoms with Crippen molar-refractivity contribution in [3.63, 3.8) is 0 Å². The second kappa shape index (κ2) is 11.9. The van der Waals surface area contributed by atoms with Gasteiger partial charge in [-0.05, 0) is 33.2 Å². The van der Waals surface area contributed by atoms with Crippen LogP contribution in [0.5, 0.6) is 0 Å². The average molecular weight is 313 g/mol. The van der Waals surface area contributed by atoms with E-state index in [2.05, 4.69) is 23.5 Å². The molecule has 1 saturated heterocycles. The Bertz CT molecular complexity index is 286. The largest absolute Gasteiger partial charge is 0.469 e. The van der Waals surface area contributed by atoms with Crippen LogP contribution in [0.25, 0.3) is 0 Å². The van der Waals surface area contributed by atoms with Crippen LogP contribution in [0.1, 0.15) is 71.6 Å². The van der Waals surface area contributed by atoms with Crippen LogP contribution in [-0.4, -0.2) is 49.8 Å². The van der Waals surface area contributed by atoms with Gasteiger partial charge in [-0.1, -0.05) is 38.5 Å². The Morgan fingerprint density at radius 2 is 1.45 bits per heavy atom. The van der Waals surface area contributed by atoms with Crippen molar-refractivity contribution >= 4 is 5.97 Å². The molecule has 1 rings (SSSR count). The summed E-state index contributed by atoms with van der Waals surface area (Å²) in [6, 6.07) is 0. The molecular formula is C18H35NO3. The van der Waals surface area contributed by atoms with Crippen LogP contribution >= 0.6 is 0 Å². The van der Waals surface area contributed by atoms with Crippen molar-refractivity contribution in [3.05, 3.63) is 0 Å². The highest BCUT2D eigenvalue weighted by atomic mass is 16.5. The average Bonchev–Trinajstić information content (AvgIpc) is 2.47. The van der Waals surface area contributed by atoms with Crippen LogP contribution in [-0.2, 0) is 14.3 Å². The highest BCUT2D eigenvalue weighted by Crippen LogP contribution is 2.13. The predicted octanol–water partition coefficient (Wildman–Crippen LogP) is 3.78. The standard InChI is InChI=1S/C18H35NO3/c1-16-14-19(15-17(2)22-16)13-11-9-7-5-4-6-8-10-12-18(20)21-3/h16-17H,4-15H2,1-3H3. The number of morpholine rings is 1. The minimum atomic E-state index is -0.0771. The topological polar surface area (TPSA) is 38.8 Å². The van der Waals surface area contributed by atoms with Crippen LogP contribution in [0.3, 0.4) is 0 Å². The molecule has 1 fully saturated rings. The molecule has 0 N–H and O–H groups in total. The van der Waals surface area contributed by atoms with Gasteiger partial charge in [0, 0.05) is 19.5 Å². The van der Waals surface area contributed by atoms with E-state index in [1.165, 1.54) is 52.2 Å². The Kier molecular flexibility index (Phi) is 10.5. The lowest BCUT2D eigenvalue weighted by atomic mass is 10.1. The zero-order valence-electron chi connectivity index (χ0n) is 14.8. The zero-order chi connectivity index (χ0) is 16.2. The molecule has 0 saturated carbocycles. The third-order valence-electron chi connectivity index (χ3n) is 4.33. The third kappa shape index (κ3) is 9.42. The van der Waals surface area contributed by atoms with Gasteiger partial charge in [-0.2, -0.15) is 0 Å². The van der Waals surface area contributed by atoms with Crippen LogP contribution in [0, 0.1) is 0 Å². The molecule has 130 valence electrons. The summed E-state index contributed by atoms with van der Waals surface area (Å²) in [7, 11) is 1.46. The Morgan fingerprint density at radius 1 is 0.955 bits per heavy atom. The molecule has 1 heterocycles. The summed E-state index contributed by atoms with van der Waals surface area (Å²) in [5, 5.41) is 0. The van der Waals surface area contributed by atoms with Gasteiger partial charge in [0.05, 0.1) is 19.3 Å². The van der Waals surface area contributed by atoms with Gasteiger partial charge in [0.15, 0.2) is 0 Å². The highest BCUT2D eigenvalue weighted by molar-refractivity contribution is 5.68. The first-order valence-electron chi connectivity index (χ1n) is 9.06. The summed E-state index contributed by atoms with van der Waals surface area (Å²) in [6.45, 7) is 7.73. The van der Waals surface area contributed by atoms with Gasteiger partial charge in [0.2, 0.25) is 0 Å². The number of carbonyl (C=O) groups excluding carboxylic acids is 1. The molecule has 1 aliphatic heterocycles. The van der Waals surface area contributed by atoms with E-state index in [0.717, 1.165) is 25.9 Å². The summed E-state index contributed by atoms with van der Waals surface area (Å²) >= 11 is 0. The Labute approximate surface area is 136 Å². The van der Waals surface area contributed by atoms with Crippen LogP contribution < -0.4 is 0 Å². The van der Waals surface area contributed by atoms with Crippen LogP contribution in [0.15, 0.2) is 0 Å². The number of esters is 1. The van der Waals surface area contributed by atoms with Crippen molar-refractivity contribution in [2.75, 3.05) is 26.7 Å². The molecule has 2 unspecified atom stereocenters. The fraction of sp³-hybridized carbons (Fsp3) is 0.944. The molecular weight excluding hydrogens is 278 g/mol. The summed E-state index contributed by atoms with van der Waals surface area (Å²) in [6.07, 6.45) is 11.3. The number of rotatable bonds is 11. The molecule has 4 heteroatoms. The summed E-state index contributed by atoms with van der Waals surface area (Å²) in [5.41, 5.74) is 0. The molecule has 4 nitrogen and oxygen atoms in total. The van der Waals surface area contributed by atoms with Crippen molar-refractivity contribution in [1.82, 2.24) is 4.90 Å². The van der Waals surface area contributed by atoms with Crippen LogP contribution in [0.2, 0.25) is 0 Å². The second-order valence-electron chi connectivity index (χ2n) is 6.67. The first-order chi connectivity index (χ1) is 10.6. The molecule has 2 atom stereocenters. The van der Waals surface area contributed by atoms with Gasteiger partial charge in [0.1, 0.15) is 0 Å². The number of unbranched alkanes of at least 4 members (excludes halogenated alkanes) is 7. The van der Waals surface area contributed by atoms with E-state index in [9.17, 15) is 4.79 Å². The van der Waals surface area contributed by atoms with Crippen molar-refractivity contribution < 1.29 is 14.3 Å². The maximum absolute atomic E-state index is 11.0. The number of hydrogen-bond acceptors (Lipinski definition) is 4. The lowest BCUT2D eigenvalue weighted by Gasteiger charge is -2.35. The molecule has 0 bridgehead atoms. The molecule has 0 spiro atoms. The van der Waals surface area contributed by atoms with E-state index < -0.39 is 0 Å². The van der Waals surface area contributed by atoms with Crippen molar-refractivity contribution in [1.29, 1.82) is 0 Å². The van der Waals surface area contributed by atoms with Gasteiger partial charge < -0.3 is 9.47 Å². The molecule has 0 aromatic carbocycles. The van der Waals surface area contributed by atoms with E-state index in [-0.39, 0.29) is 5.97 Å². The molecule has 0 radical (unpaired) electrons. The van der Waals surface area contributed by atoms with Gasteiger partial charge in [-0.25, -0.2) is 0 Å². The van der Waals surface area contributed by atoms with E-state index in [4.69, 9.17) is 4.74 Å². The first-order valence-corrected chi connectivity index (χ1v) is 9.06. The molecule has 0 aromatic heterocycles. The predicted molar refractivity (Wildman–Crippen MR) is 90.0 cm³/mol. The number of methoxy groups -OCH3 is 1. The summed E-state index contributed by atoms with van der Waals surface area (Å²) in [5.74, 6) is -0.0771. The first kappa shape index (κ1) is 19.4. The number of ether oxygens (including phenoxy) is 2. The van der Waals surface area contributed by atoms with E-state index in [0.29, 0.717) is 18.6 Å². The van der Waals surface area contributed by atoms with Crippen molar-refractivity contribution in [3.8, 4) is 0 Å². The Morgan fingerprint density at radius 3 is 2.00 bits per heavy atom. The van der Waals surface area contributed by atoms with Crippen molar-refractivity contribution in [2.24, 2.45) is 0 Å². The van der Waals surface area contributed by atoms with E-state index in [1.807, 2.05) is 0 Å². The minimum absolute atomic E-state index is 0.0771. The summed E-state index contributed by atoms with van der Waals surface area (Å²) in [4.78, 5) is 13.5. The molecule has 0 amide bonds. The van der Waals surface area contributed by atoms with Gasteiger partial charge in [-0.15, -0.1) is 0 Å². The van der Waals surface area contributed by atoms with Crippen molar-refractivity contribution in [2.45, 2.75) is 83.8 Å². The number of nitrogens with zero attached hydrogens (tertiary/aromatic N) is 1. The fourth-order valence-electron chi connectivity index (χ4n) is 3.23. The van der Waals surface area contributed by atoms with Gasteiger partial charge in [-0.3, -0.25) is 9.69 Å². The third-order valence-corrected chi connectivity index (χ3v) is 4.33. The Hall–Kier alpha value is -0.610. The van der Waals surface area contributed by atoms with Gasteiger partial charge in [0.25, 0.3) is 0 Å². The zero-order valence-corrected chi connectivity index (χ0v) is 14.8. The maximum Gasteiger partial charge on any atom is 0.305 e. The molecule has 22 heavy (non-hydrogen) atoms. The molecule has 0 aliphatic carbocycles. The van der Waals surface area contributed by atoms with Crippen LogP contribution in [0.4, 0.5) is 0 Å². The maximum atomic E-state index is 11.0. The fourth-order valence-corrected chi connectivity index (χ4v) is 3.23. The monoisotopic (exact) mass is 313 g/mol. The molecule has 1 aliphatic rings. The summed E-state index contributed by atoms with van der Waals surface area (Å²) < 4.78 is 10.4. The second-order valence-corrected chi connectivity index (χ2v) is 6.67. The quantitative estimate of drug-likeness (QED) is 0.430. The number of hydrogen-bond donors (Lipinski definition) is 0.